The molecule has 0 aliphatic heterocycles. The number of Topliss-reactive ketones (excluding diaryl/α,β-unsaturated/α-hetero) is 1. The van der Waals surface area contributed by atoms with Crippen molar-refractivity contribution in [3.63, 3.8) is 0 Å². The van der Waals surface area contributed by atoms with E-state index in [9.17, 15) is 14.4 Å². The summed E-state index contributed by atoms with van der Waals surface area (Å²) in [5, 5.41) is 8.53. The first kappa shape index (κ1) is 12.0. The van der Waals surface area contributed by atoms with Crippen molar-refractivity contribution in [2.45, 2.75) is 6.42 Å². The zero-order chi connectivity index (χ0) is 13.3. The molecule has 0 saturated heterocycles. The molecular formula is C12H10N2O4. The molecule has 18 heavy (non-hydrogen) atoms. The summed E-state index contributed by atoms with van der Waals surface area (Å²) < 4.78 is 1.35. The van der Waals surface area contributed by atoms with Crippen LogP contribution in [0, 0.1) is 0 Å². The molecule has 0 saturated carbocycles. The molecule has 0 aliphatic rings. The fraction of sp³-hybridized carbons (Fsp3) is 0.167. The summed E-state index contributed by atoms with van der Waals surface area (Å²) in [6.07, 6.45) is -0.493. The molecule has 6 heteroatoms. The van der Waals surface area contributed by atoms with Crippen LogP contribution >= 0.6 is 0 Å². The van der Waals surface area contributed by atoms with E-state index in [1.807, 2.05) is 0 Å². The third-order valence-electron chi connectivity index (χ3n) is 2.62. The summed E-state index contributed by atoms with van der Waals surface area (Å²) in [4.78, 5) is 37.5. The minimum absolute atomic E-state index is 0.0522. The van der Waals surface area contributed by atoms with Gasteiger partial charge in [0.05, 0.1) is 17.5 Å². The number of hydrogen-bond donors (Lipinski definition) is 1. The van der Waals surface area contributed by atoms with Gasteiger partial charge < -0.3 is 9.67 Å². The molecule has 0 unspecified atom stereocenters. The van der Waals surface area contributed by atoms with E-state index < -0.39 is 23.7 Å². The van der Waals surface area contributed by atoms with Crippen LogP contribution in [0.15, 0.2) is 29.1 Å². The summed E-state index contributed by atoms with van der Waals surface area (Å²) in [5.41, 5.74) is 0.675. The number of rotatable bonds is 3. The average Bonchev–Trinajstić information content (AvgIpc) is 2.35. The summed E-state index contributed by atoms with van der Waals surface area (Å²) in [6.45, 7) is 0. The van der Waals surface area contributed by atoms with Crippen molar-refractivity contribution in [3.8, 4) is 0 Å². The highest BCUT2D eigenvalue weighted by molar-refractivity contribution is 6.33. The maximum absolute atomic E-state index is 11.9. The fourth-order valence-corrected chi connectivity index (χ4v) is 1.68. The lowest BCUT2D eigenvalue weighted by Gasteiger charge is -2.06. The first-order valence-corrected chi connectivity index (χ1v) is 5.21. The molecule has 1 aromatic carbocycles. The van der Waals surface area contributed by atoms with Crippen molar-refractivity contribution in [2.75, 3.05) is 0 Å². The van der Waals surface area contributed by atoms with Crippen LogP contribution in [0.1, 0.15) is 5.69 Å². The Balaban J connectivity index is 2.59. The van der Waals surface area contributed by atoms with Crippen molar-refractivity contribution in [1.29, 1.82) is 0 Å². The smallest absolute Gasteiger partial charge is 0.372 e. The number of fused-ring (bicyclic) bond motifs is 1. The van der Waals surface area contributed by atoms with Crippen LogP contribution in [0.4, 0.5) is 0 Å². The van der Waals surface area contributed by atoms with E-state index in [2.05, 4.69) is 4.98 Å². The van der Waals surface area contributed by atoms with Gasteiger partial charge in [0.2, 0.25) is 5.78 Å². The molecule has 1 N–H and O–H groups in total. The van der Waals surface area contributed by atoms with Gasteiger partial charge in [-0.3, -0.25) is 9.59 Å². The number of aryl methyl sites for hydroxylation is 1. The van der Waals surface area contributed by atoms with Gasteiger partial charge in [-0.2, -0.15) is 0 Å². The van der Waals surface area contributed by atoms with Gasteiger partial charge >= 0.3 is 5.97 Å². The van der Waals surface area contributed by atoms with Crippen molar-refractivity contribution in [1.82, 2.24) is 9.55 Å². The highest BCUT2D eigenvalue weighted by Crippen LogP contribution is 2.08. The maximum atomic E-state index is 11.9. The number of carbonyl (C=O) groups excluding carboxylic acids is 1. The molecule has 92 valence electrons. The number of aromatic nitrogens is 2. The summed E-state index contributed by atoms with van der Waals surface area (Å²) in [5.74, 6) is -2.61. The molecule has 0 amide bonds. The lowest BCUT2D eigenvalue weighted by atomic mass is 10.2. The standard InChI is InChI=1S/C12H10N2O4/c1-14-9-5-3-2-4-7(9)13-8(11(14)16)6-10(15)12(17)18/h2-5H,6H2,1H3,(H,17,18). The average molecular weight is 246 g/mol. The number of carboxylic acids is 1. The number of ketones is 1. The third kappa shape index (κ3) is 2.00. The quantitative estimate of drug-likeness (QED) is 0.777. The molecule has 0 spiro atoms. The topological polar surface area (TPSA) is 89.3 Å². The Bertz CT molecular complexity index is 703. The van der Waals surface area contributed by atoms with E-state index >= 15 is 0 Å². The molecule has 0 aliphatic carbocycles. The molecule has 0 bridgehead atoms. The molecule has 0 fully saturated rings. The Morgan fingerprint density at radius 2 is 2.00 bits per heavy atom. The predicted molar refractivity (Wildman–Crippen MR) is 63.3 cm³/mol. The van der Waals surface area contributed by atoms with Gasteiger partial charge in [-0.25, -0.2) is 9.78 Å². The molecule has 1 heterocycles. The zero-order valence-corrected chi connectivity index (χ0v) is 9.58. The highest BCUT2D eigenvalue weighted by Gasteiger charge is 2.17. The number of benzene rings is 1. The lowest BCUT2D eigenvalue weighted by molar-refractivity contribution is -0.148. The Labute approximate surface area is 102 Å². The molecule has 1 aromatic heterocycles. The van der Waals surface area contributed by atoms with E-state index in [1.54, 1.807) is 31.3 Å². The van der Waals surface area contributed by atoms with Crippen molar-refractivity contribution in [2.24, 2.45) is 7.05 Å². The van der Waals surface area contributed by atoms with Crippen LogP contribution in [0.25, 0.3) is 11.0 Å². The van der Waals surface area contributed by atoms with Crippen molar-refractivity contribution in [3.05, 3.63) is 40.3 Å². The van der Waals surface area contributed by atoms with E-state index in [0.29, 0.717) is 11.0 Å². The molecule has 0 atom stereocenters. The monoisotopic (exact) mass is 246 g/mol. The number of hydrogen-bond acceptors (Lipinski definition) is 4. The zero-order valence-electron chi connectivity index (χ0n) is 9.58. The second-order valence-electron chi connectivity index (χ2n) is 3.82. The molecule has 0 radical (unpaired) electrons. The summed E-state index contributed by atoms with van der Waals surface area (Å²) in [6, 6.07) is 6.95. The van der Waals surface area contributed by atoms with E-state index in [1.165, 1.54) is 4.57 Å². The molecule has 2 aromatic rings. The number of carboxylic acid groups (broad SMARTS) is 1. The summed E-state index contributed by atoms with van der Waals surface area (Å²) in [7, 11) is 1.56. The lowest BCUT2D eigenvalue weighted by Crippen LogP contribution is -2.27. The van der Waals surface area contributed by atoms with Crippen LogP contribution in [0.5, 0.6) is 0 Å². The fourth-order valence-electron chi connectivity index (χ4n) is 1.68. The van der Waals surface area contributed by atoms with Gasteiger partial charge in [-0.1, -0.05) is 12.1 Å². The van der Waals surface area contributed by atoms with Gasteiger partial charge in [0.25, 0.3) is 5.56 Å². The van der Waals surface area contributed by atoms with E-state index in [-0.39, 0.29) is 5.69 Å². The normalized spacial score (nSPS) is 10.5. The molecular weight excluding hydrogens is 236 g/mol. The maximum Gasteiger partial charge on any atom is 0.372 e. The Morgan fingerprint density at radius 3 is 2.67 bits per heavy atom. The Hall–Kier alpha value is -2.50. The van der Waals surface area contributed by atoms with Gasteiger partial charge in [0, 0.05) is 7.05 Å². The van der Waals surface area contributed by atoms with Crippen LogP contribution in [-0.2, 0) is 23.1 Å². The first-order valence-electron chi connectivity index (χ1n) is 5.21. The Kier molecular flexibility index (Phi) is 2.93. The number of nitrogens with zero attached hydrogens (tertiary/aromatic N) is 2. The van der Waals surface area contributed by atoms with Crippen LogP contribution < -0.4 is 5.56 Å². The number of carbonyl (C=O) groups is 2. The molecule has 6 nitrogen and oxygen atoms in total. The second-order valence-corrected chi connectivity index (χ2v) is 3.82. The van der Waals surface area contributed by atoms with Gasteiger partial charge in [0.1, 0.15) is 5.69 Å². The van der Waals surface area contributed by atoms with Gasteiger partial charge in [0.15, 0.2) is 0 Å². The third-order valence-corrected chi connectivity index (χ3v) is 2.62. The Morgan fingerprint density at radius 1 is 1.33 bits per heavy atom. The summed E-state index contributed by atoms with van der Waals surface area (Å²) >= 11 is 0. The molecule has 2 rings (SSSR count). The predicted octanol–water partition coefficient (Wildman–Crippen LogP) is 0.130. The first-order chi connectivity index (χ1) is 8.50. The largest absolute Gasteiger partial charge is 0.475 e. The van der Waals surface area contributed by atoms with Gasteiger partial charge in [-0.15, -0.1) is 0 Å². The number of para-hydroxylation sites is 2. The number of aliphatic carboxylic acids is 1. The van der Waals surface area contributed by atoms with Crippen LogP contribution in [0.2, 0.25) is 0 Å². The minimum Gasteiger partial charge on any atom is -0.475 e. The second kappa shape index (κ2) is 4.40. The van der Waals surface area contributed by atoms with Crippen LogP contribution in [-0.4, -0.2) is 26.4 Å². The minimum atomic E-state index is -1.56. The van der Waals surface area contributed by atoms with E-state index in [0.717, 1.165) is 0 Å². The van der Waals surface area contributed by atoms with Crippen LogP contribution in [0.3, 0.4) is 0 Å². The van der Waals surface area contributed by atoms with Gasteiger partial charge in [-0.05, 0) is 12.1 Å². The SMILES string of the molecule is Cn1c(=O)c(CC(=O)C(=O)O)nc2ccccc21. The van der Waals surface area contributed by atoms with E-state index in [4.69, 9.17) is 5.11 Å². The van der Waals surface area contributed by atoms with Crippen molar-refractivity contribution >= 4 is 22.8 Å². The highest BCUT2D eigenvalue weighted by atomic mass is 16.4. The van der Waals surface area contributed by atoms with Crippen molar-refractivity contribution < 1.29 is 14.7 Å².